The lowest BCUT2D eigenvalue weighted by Crippen LogP contribution is -2.36. The summed E-state index contributed by atoms with van der Waals surface area (Å²) in [4.78, 5) is 31.7. The van der Waals surface area contributed by atoms with E-state index in [1.54, 1.807) is 0 Å². The number of nitrogens with one attached hydrogen (secondary N) is 1. The smallest absolute Gasteiger partial charge is 0.307 e. The molecule has 4 atom stereocenters. The van der Waals surface area contributed by atoms with Crippen molar-refractivity contribution in [1.29, 1.82) is 0 Å². The van der Waals surface area contributed by atoms with Gasteiger partial charge in [0.1, 0.15) is 4.60 Å². The van der Waals surface area contributed by atoms with Crippen LogP contribution in [0.3, 0.4) is 0 Å². The Kier molecular flexibility index (Phi) is 3.29. The van der Waals surface area contributed by atoms with Gasteiger partial charge in [0.25, 0.3) is 0 Å². The molecule has 4 unspecified atom stereocenters. The summed E-state index contributed by atoms with van der Waals surface area (Å²) < 4.78 is 0.571. The van der Waals surface area contributed by atoms with E-state index in [0.717, 1.165) is 6.42 Å². The minimum absolute atomic E-state index is 0.00417. The molecule has 1 heterocycles. The van der Waals surface area contributed by atoms with Crippen molar-refractivity contribution in [3.05, 3.63) is 29.1 Å². The number of fused-ring (bicyclic) bond motifs is 2. The molecule has 7 heteroatoms. The van der Waals surface area contributed by atoms with Gasteiger partial charge in [-0.1, -0.05) is 12.2 Å². The summed E-state index contributed by atoms with van der Waals surface area (Å²) in [6.07, 6.45) is 7.50. The molecule has 2 bridgehead atoms. The number of carbonyl (C=O) groups excluding carboxylic acids is 1. The number of carbonyl (C=O) groups is 2. The summed E-state index contributed by atoms with van der Waals surface area (Å²) in [6, 6.07) is 0. The normalized spacial score (nSPS) is 30.4. The van der Waals surface area contributed by atoms with Gasteiger partial charge in [0.2, 0.25) is 5.91 Å². The third kappa shape index (κ3) is 2.22. The fourth-order valence-corrected chi connectivity index (χ4v) is 3.31. The average Bonchev–Trinajstić information content (AvgIpc) is 3.01. The van der Waals surface area contributed by atoms with Crippen LogP contribution in [0.15, 0.2) is 29.1 Å². The van der Waals surface area contributed by atoms with Crippen molar-refractivity contribution in [2.24, 2.45) is 23.7 Å². The van der Waals surface area contributed by atoms with E-state index >= 15 is 0 Å². The largest absolute Gasteiger partial charge is 0.481 e. The minimum Gasteiger partial charge on any atom is -0.481 e. The van der Waals surface area contributed by atoms with E-state index in [0.29, 0.717) is 10.4 Å². The number of hydrogen-bond acceptors (Lipinski definition) is 4. The number of allylic oxidation sites excluding steroid dienone is 2. The Morgan fingerprint density at radius 1 is 1.20 bits per heavy atom. The van der Waals surface area contributed by atoms with Crippen LogP contribution in [0.2, 0.25) is 0 Å². The van der Waals surface area contributed by atoms with Crippen molar-refractivity contribution < 1.29 is 14.7 Å². The molecule has 20 heavy (non-hydrogen) atoms. The van der Waals surface area contributed by atoms with E-state index in [2.05, 4.69) is 31.2 Å². The van der Waals surface area contributed by atoms with E-state index < -0.39 is 17.8 Å². The highest BCUT2D eigenvalue weighted by molar-refractivity contribution is 9.10. The Morgan fingerprint density at radius 3 is 2.50 bits per heavy atom. The molecule has 0 spiro atoms. The second kappa shape index (κ2) is 4.97. The van der Waals surface area contributed by atoms with Gasteiger partial charge in [0.15, 0.2) is 5.82 Å². The molecule has 2 N–H and O–H groups in total. The van der Waals surface area contributed by atoms with Crippen LogP contribution in [-0.4, -0.2) is 27.0 Å². The van der Waals surface area contributed by atoms with Crippen molar-refractivity contribution in [3.63, 3.8) is 0 Å². The number of anilines is 1. The lowest BCUT2D eigenvalue weighted by atomic mass is 9.82. The number of aliphatic carboxylic acids is 1. The van der Waals surface area contributed by atoms with Crippen LogP contribution in [-0.2, 0) is 9.59 Å². The van der Waals surface area contributed by atoms with Crippen LogP contribution in [0, 0.1) is 23.7 Å². The molecule has 1 saturated carbocycles. The van der Waals surface area contributed by atoms with Crippen LogP contribution in [0.5, 0.6) is 0 Å². The van der Waals surface area contributed by atoms with Gasteiger partial charge in [0, 0.05) is 0 Å². The fourth-order valence-electron chi connectivity index (χ4n) is 3.10. The third-order valence-electron chi connectivity index (χ3n) is 3.92. The van der Waals surface area contributed by atoms with E-state index in [1.807, 2.05) is 12.2 Å². The molecule has 104 valence electrons. The first kappa shape index (κ1) is 13.2. The molecule has 1 aromatic rings. The third-order valence-corrected chi connectivity index (χ3v) is 4.33. The van der Waals surface area contributed by atoms with Crippen LogP contribution in [0.1, 0.15) is 6.42 Å². The Balaban J connectivity index is 1.78. The van der Waals surface area contributed by atoms with Crippen molar-refractivity contribution >= 4 is 33.6 Å². The lowest BCUT2D eigenvalue weighted by molar-refractivity contribution is -0.146. The van der Waals surface area contributed by atoms with Gasteiger partial charge in [-0.2, -0.15) is 0 Å². The summed E-state index contributed by atoms with van der Waals surface area (Å²) in [5, 5.41) is 12.0. The monoisotopic (exact) mass is 337 g/mol. The van der Waals surface area contributed by atoms with Crippen molar-refractivity contribution in [3.8, 4) is 0 Å². The highest BCUT2D eigenvalue weighted by Gasteiger charge is 2.51. The van der Waals surface area contributed by atoms with Gasteiger partial charge >= 0.3 is 5.97 Å². The summed E-state index contributed by atoms with van der Waals surface area (Å²) in [7, 11) is 0. The Labute approximate surface area is 123 Å². The zero-order valence-corrected chi connectivity index (χ0v) is 11.9. The summed E-state index contributed by atoms with van der Waals surface area (Å²) in [6.45, 7) is 0. The van der Waals surface area contributed by atoms with Crippen LogP contribution >= 0.6 is 15.9 Å². The van der Waals surface area contributed by atoms with Gasteiger partial charge in [0.05, 0.1) is 24.2 Å². The number of halogens is 1. The van der Waals surface area contributed by atoms with Gasteiger partial charge in [-0.3, -0.25) is 9.59 Å². The van der Waals surface area contributed by atoms with Crippen LogP contribution in [0.4, 0.5) is 5.82 Å². The first-order valence-corrected chi connectivity index (χ1v) is 7.05. The molecule has 0 radical (unpaired) electrons. The van der Waals surface area contributed by atoms with E-state index in [1.165, 1.54) is 12.4 Å². The van der Waals surface area contributed by atoms with E-state index in [-0.39, 0.29) is 17.7 Å². The first-order chi connectivity index (χ1) is 9.56. The first-order valence-electron chi connectivity index (χ1n) is 6.26. The molecular formula is C13H12BrN3O3. The van der Waals surface area contributed by atoms with Crippen LogP contribution < -0.4 is 5.32 Å². The maximum atomic E-state index is 12.3. The van der Waals surface area contributed by atoms with Crippen molar-refractivity contribution in [2.75, 3.05) is 5.32 Å². The number of amides is 1. The summed E-state index contributed by atoms with van der Waals surface area (Å²) >= 11 is 3.16. The fraction of sp³-hybridized carbons (Fsp3) is 0.385. The van der Waals surface area contributed by atoms with Gasteiger partial charge < -0.3 is 10.4 Å². The van der Waals surface area contributed by atoms with Crippen molar-refractivity contribution in [2.45, 2.75) is 6.42 Å². The lowest BCUT2D eigenvalue weighted by Gasteiger charge is -2.23. The number of carboxylic acid groups (broad SMARTS) is 1. The number of nitrogens with zero attached hydrogens (tertiary/aromatic N) is 2. The second-order valence-electron chi connectivity index (χ2n) is 5.05. The molecular weight excluding hydrogens is 326 g/mol. The predicted molar refractivity (Wildman–Crippen MR) is 73.7 cm³/mol. The predicted octanol–water partition coefficient (Wildman–Crippen LogP) is 1.70. The number of carboxylic acids is 1. The number of aromatic nitrogens is 2. The van der Waals surface area contributed by atoms with Crippen molar-refractivity contribution in [1.82, 2.24) is 9.97 Å². The average molecular weight is 338 g/mol. The van der Waals surface area contributed by atoms with Gasteiger partial charge in [-0.05, 0) is 34.2 Å². The molecule has 2 aliphatic carbocycles. The molecule has 2 aliphatic rings. The summed E-state index contributed by atoms with van der Waals surface area (Å²) in [5.74, 6) is -2.10. The molecule has 1 fully saturated rings. The zero-order valence-electron chi connectivity index (χ0n) is 10.4. The molecule has 1 aromatic heterocycles. The van der Waals surface area contributed by atoms with Gasteiger partial charge in [-0.15, -0.1) is 0 Å². The Hall–Kier alpha value is -1.76. The molecule has 0 aliphatic heterocycles. The van der Waals surface area contributed by atoms with Gasteiger partial charge in [-0.25, -0.2) is 9.97 Å². The SMILES string of the molecule is O=C(O)C1C2C=CC(C2)C1C(=O)Nc1cnc(Br)cn1. The quantitative estimate of drug-likeness (QED) is 0.819. The Morgan fingerprint density at radius 2 is 1.90 bits per heavy atom. The molecule has 0 saturated heterocycles. The molecule has 3 rings (SSSR count). The molecule has 6 nitrogen and oxygen atoms in total. The van der Waals surface area contributed by atoms with E-state index in [4.69, 9.17) is 0 Å². The number of hydrogen-bond donors (Lipinski definition) is 2. The summed E-state index contributed by atoms with van der Waals surface area (Å²) in [5.41, 5.74) is 0. The topological polar surface area (TPSA) is 92.2 Å². The standard InChI is InChI=1S/C13H12BrN3O3/c14-8-4-16-9(5-15-8)17-12(18)10-6-1-2-7(3-6)11(10)13(19)20/h1-2,4-7,10-11H,3H2,(H,19,20)(H,16,17,18). The Bertz CT molecular complexity index is 587. The molecule has 0 aromatic carbocycles. The highest BCUT2D eigenvalue weighted by atomic mass is 79.9. The maximum Gasteiger partial charge on any atom is 0.307 e. The zero-order chi connectivity index (χ0) is 14.3. The second-order valence-corrected chi connectivity index (χ2v) is 5.86. The minimum atomic E-state index is -0.913. The molecule has 1 amide bonds. The van der Waals surface area contributed by atoms with E-state index in [9.17, 15) is 14.7 Å². The maximum absolute atomic E-state index is 12.3. The number of rotatable bonds is 3. The highest BCUT2D eigenvalue weighted by Crippen LogP contribution is 2.48. The van der Waals surface area contributed by atoms with Crippen LogP contribution in [0.25, 0.3) is 0 Å².